The quantitative estimate of drug-likeness (QED) is 0.749. The molecule has 22 heavy (non-hydrogen) atoms. The van der Waals surface area contributed by atoms with Gasteiger partial charge in [-0.15, -0.1) is 11.8 Å². The summed E-state index contributed by atoms with van der Waals surface area (Å²) in [5, 5.41) is 20.9. The van der Waals surface area contributed by atoms with Gasteiger partial charge in [0.15, 0.2) is 0 Å². The fourth-order valence-corrected chi connectivity index (χ4v) is 4.64. The number of Topliss-reactive ketones (excluding diaryl/α,β-unsaturated/α-hetero) is 1. The molecule has 0 radical (unpaired) electrons. The first kappa shape index (κ1) is 17.7. The highest BCUT2D eigenvalue weighted by Gasteiger charge is 2.47. The van der Waals surface area contributed by atoms with Crippen LogP contribution in [-0.4, -0.2) is 28.2 Å². The zero-order valence-corrected chi connectivity index (χ0v) is 15.1. The van der Waals surface area contributed by atoms with Crippen LogP contribution in [0.1, 0.15) is 46.5 Å². The molecule has 0 bridgehead atoms. The monoisotopic (exact) mass is 368 g/mol. The lowest BCUT2D eigenvalue weighted by Gasteiger charge is -2.29. The first-order valence-corrected chi connectivity index (χ1v) is 8.70. The fourth-order valence-electron chi connectivity index (χ4n) is 3.71. The number of aliphatic hydroxyl groups is 2. The van der Waals surface area contributed by atoms with E-state index in [1.165, 1.54) is 0 Å². The zero-order chi connectivity index (χ0) is 16.5. The summed E-state index contributed by atoms with van der Waals surface area (Å²) in [6.45, 7) is 5.74. The first-order chi connectivity index (χ1) is 10.3. The van der Waals surface area contributed by atoms with Crippen LogP contribution >= 0.6 is 15.9 Å². The molecule has 0 amide bonds. The first-order valence-electron chi connectivity index (χ1n) is 7.91. The molecule has 0 aromatic rings. The SMILES string of the molecule is CC#CCC(C)(C)[C@H](O)C(Br)=C[C@H]1[C@H]2CC(=O)C[C@H]2C[C@H]1O. The van der Waals surface area contributed by atoms with Gasteiger partial charge in [-0.05, 0) is 25.2 Å². The predicted molar refractivity (Wildman–Crippen MR) is 90.2 cm³/mol. The standard InChI is InChI=1S/C18H25BrO3/c1-4-5-6-18(2,3)17(22)15(19)10-14-13-9-12(20)7-11(13)8-16(14)21/h10-11,13-14,16-17,21-22H,6-9H2,1-3H3/t11-,13-,14-,16+,17+/m0/s1. The highest BCUT2D eigenvalue weighted by atomic mass is 79.9. The van der Waals surface area contributed by atoms with Gasteiger partial charge in [0, 0.05) is 35.1 Å². The summed E-state index contributed by atoms with van der Waals surface area (Å²) in [5.41, 5.74) is -0.368. The van der Waals surface area contributed by atoms with Gasteiger partial charge in [-0.2, -0.15) is 0 Å². The van der Waals surface area contributed by atoms with Crippen LogP contribution in [-0.2, 0) is 4.79 Å². The van der Waals surface area contributed by atoms with Crippen molar-refractivity contribution in [3.05, 3.63) is 10.6 Å². The summed E-state index contributed by atoms with van der Waals surface area (Å²) in [6.07, 6.45) is 3.30. The van der Waals surface area contributed by atoms with Gasteiger partial charge < -0.3 is 10.2 Å². The van der Waals surface area contributed by atoms with Crippen molar-refractivity contribution in [1.82, 2.24) is 0 Å². The maximum absolute atomic E-state index is 11.6. The summed E-state index contributed by atoms with van der Waals surface area (Å²) < 4.78 is 0.694. The third-order valence-electron chi connectivity index (χ3n) is 5.12. The Morgan fingerprint density at radius 3 is 2.82 bits per heavy atom. The van der Waals surface area contributed by atoms with E-state index in [4.69, 9.17) is 0 Å². The molecule has 122 valence electrons. The third-order valence-corrected chi connectivity index (χ3v) is 5.81. The maximum atomic E-state index is 11.6. The summed E-state index contributed by atoms with van der Waals surface area (Å²) in [7, 11) is 0. The molecule has 2 saturated carbocycles. The number of halogens is 1. The second-order valence-corrected chi connectivity index (χ2v) is 8.21. The lowest BCUT2D eigenvalue weighted by atomic mass is 9.82. The summed E-state index contributed by atoms with van der Waals surface area (Å²) in [4.78, 5) is 11.6. The molecule has 0 spiro atoms. The Morgan fingerprint density at radius 1 is 1.50 bits per heavy atom. The number of hydrogen-bond donors (Lipinski definition) is 2. The smallest absolute Gasteiger partial charge is 0.133 e. The normalized spacial score (nSPS) is 33.4. The van der Waals surface area contributed by atoms with Crippen LogP contribution in [0.15, 0.2) is 10.6 Å². The van der Waals surface area contributed by atoms with Gasteiger partial charge in [-0.1, -0.05) is 35.9 Å². The number of ketones is 1. The molecule has 0 aromatic carbocycles. The second-order valence-electron chi connectivity index (χ2n) is 7.30. The van der Waals surface area contributed by atoms with Crippen molar-refractivity contribution >= 4 is 21.7 Å². The van der Waals surface area contributed by atoms with E-state index < -0.39 is 12.2 Å². The van der Waals surface area contributed by atoms with Crippen molar-refractivity contribution in [3.63, 3.8) is 0 Å². The van der Waals surface area contributed by atoms with E-state index in [1.54, 1.807) is 6.92 Å². The molecule has 0 heterocycles. The van der Waals surface area contributed by atoms with Gasteiger partial charge in [0.2, 0.25) is 0 Å². The van der Waals surface area contributed by atoms with Gasteiger partial charge >= 0.3 is 0 Å². The highest BCUT2D eigenvalue weighted by molar-refractivity contribution is 9.11. The van der Waals surface area contributed by atoms with Crippen molar-refractivity contribution in [2.75, 3.05) is 0 Å². The van der Waals surface area contributed by atoms with E-state index in [9.17, 15) is 15.0 Å². The second kappa shape index (κ2) is 6.86. The molecule has 0 saturated heterocycles. The fraction of sp³-hybridized carbons (Fsp3) is 0.722. The average molecular weight is 369 g/mol. The van der Waals surface area contributed by atoms with Gasteiger partial charge in [-0.25, -0.2) is 0 Å². The van der Waals surface area contributed by atoms with Gasteiger partial charge in [0.1, 0.15) is 5.78 Å². The Balaban J connectivity index is 2.13. The largest absolute Gasteiger partial charge is 0.392 e. The Morgan fingerprint density at radius 2 is 2.18 bits per heavy atom. The van der Waals surface area contributed by atoms with Crippen molar-refractivity contribution < 1.29 is 15.0 Å². The molecule has 2 N–H and O–H groups in total. The molecule has 0 aliphatic heterocycles. The Kier molecular flexibility index (Phi) is 5.53. The van der Waals surface area contributed by atoms with Gasteiger partial charge in [-0.3, -0.25) is 4.79 Å². The lowest BCUT2D eigenvalue weighted by Crippen LogP contribution is -2.30. The number of rotatable bonds is 4. The predicted octanol–water partition coefficient (Wildman–Crippen LogP) is 3.04. The van der Waals surface area contributed by atoms with Gasteiger partial charge in [0.05, 0.1) is 12.2 Å². The van der Waals surface area contributed by atoms with Crippen molar-refractivity contribution in [2.45, 2.75) is 58.7 Å². The molecule has 4 heteroatoms. The minimum absolute atomic E-state index is 0.0477. The van der Waals surface area contributed by atoms with E-state index in [0.29, 0.717) is 41.9 Å². The molecule has 2 aliphatic carbocycles. The molecular formula is C18H25BrO3. The lowest BCUT2D eigenvalue weighted by molar-refractivity contribution is -0.118. The highest BCUT2D eigenvalue weighted by Crippen LogP contribution is 2.48. The molecule has 5 atom stereocenters. The maximum Gasteiger partial charge on any atom is 0.133 e. The van der Waals surface area contributed by atoms with Crippen LogP contribution in [0.2, 0.25) is 0 Å². The summed E-state index contributed by atoms with van der Waals surface area (Å²) >= 11 is 3.49. The van der Waals surface area contributed by atoms with Crippen LogP contribution in [0.25, 0.3) is 0 Å². The van der Waals surface area contributed by atoms with E-state index in [2.05, 4.69) is 27.8 Å². The number of fused-ring (bicyclic) bond motifs is 1. The van der Waals surface area contributed by atoms with Crippen LogP contribution in [0.3, 0.4) is 0 Å². The van der Waals surface area contributed by atoms with Crippen LogP contribution in [0.4, 0.5) is 0 Å². The Bertz CT molecular complexity index is 526. The average Bonchev–Trinajstić information content (AvgIpc) is 2.93. The topological polar surface area (TPSA) is 57.5 Å². The van der Waals surface area contributed by atoms with Crippen LogP contribution < -0.4 is 0 Å². The molecule has 2 rings (SSSR count). The molecule has 2 aliphatic rings. The van der Waals surface area contributed by atoms with E-state index >= 15 is 0 Å². The van der Waals surface area contributed by atoms with Crippen LogP contribution in [0.5, 0.6) is 0 Å². The van der Waals surface area contributed by atoms with Crippen molar-refractivity contribution in [1.29, 1.82) is 0 Å². The van der Waals surface area contributed by atoms with E-state index in [0.717, 1.165) is 0 Å². The molecule has 2 fully saturated rings. The van der Waals surface area contributed by atoms with Crippen LogP contribution in [0, 0.1) is 35.0 Å². The third kappa shape index (κ3) is 3.64. The van der Waals surface area contributed by atoms with Crippen molar-refractivity contribution in [2.24, 2.45) is 23.2 Å². The summed E-state index contributed by atoms with van der Waals surface area (Å²) in [5.74, 6) is 6.66. The molecule has 0 aromatic heterocycles. The minimum atomic E-state index is -0.670. The minimum Gasteiger partial charge on any atom is -0.392 e. The number of carbonyl (C=O) groups excluding carboxylic acids is 1. The van der Waals surface area contributed by atoms with E-state index in [1.807, 2.05) is 19.9 Å². The van der Waals surface area contributed by atoms with Gasteiger partial charge in [0.25, 0.3) is 0 Å². The molecule has 3 nitrogen and oxygen atoms in total. The molecular weight excluding hydrogens is 344 g/mol. The number of aliphatic hydroxyl groups excluding tert-OH is 2. The summed E-state index contributed by atoms with van der Waals surface area (Å²) in [6, 6.07) is 0. The number of hydrogen-bond acceptors (Lipinski definition) is 3. The number of carbonyl (C=O) groups is 1. The van der Waals surface area contributed by atoms with Crippen molar-refractivity contribution in [3.8, 4) is 11.8 Å². The molecule has 0 unspecified atom stereocenters. The Hall–Kier alpha value is -0.630. The Labute approximate surface area is 141 Å². The zero-order valence-electron chi connectivity index (χ0n) is 13.5. The van der Waals surface area contributed by atoms with E-state index in [-0.39, 0.29) is 17.3 Å².